The highest BCUT2D eigenvalue weighted by atomic mass is 16.1. The first-order valence-electron chi connectivity index (χ1n) is 7.66. The highest BCUT2D eigenvalue weighted by Crippen LogP contribution is 2.19. The lowest BCUT2D eigenvalue weighted by molar-refractivity contribution is -0.120. The summed E-state index contributed by atoms with van der Waals surface area (Å²) in [6.45, 7) is 4.90. The molecule has 0 atom stereocenters. The van der Waals surface area contributed by atoms with Crippen molar-refractivity contribution in [1.29, 1.82) is 0 Å². The average Bonchev–Trinajstić information content (AvgIpc) is 2.44. The highest BCUT2D eigenvalue weighted by molar-refractivity contribution is 5.79. The van der Waals surface area contributed by atoms with Crippen molar-refractivity contribution >= 4 is 5.91 Å². The Hall–Kier alpha value is -1.57. The number of benzene rings is 1. The van der Waals surface area contributed by atoms with Gasteiger partial charge in [-0.25, -0.2) is 0 Å². The first kappa shape index (κ1) is 14.8. The maximum atomic E-state index is 12.0. The monoisotopic (exact) mass is 271 g/mol. The maximum Gasteiger partial charge on any atom is 0.224 e. The van der Waals surface area contributed by atoms with Crippen LogP contribution in [0, 0.1) is 13.8 Å². The van der Waals surface area contributed by atoms with Crippen molar-refractivity contribution in [3.8, 4) is 0 Å². The number of nitrogens with one attached hydrogen (secondary N) is 1. The molecule has 1 N–H and O–H groups in total. The topological polar surface area (TPSA) is 29.1 Å². The molecule has 0 radical (unpaired) electrons. The molecule has 0 bridgehead atoms. The van der Waals surface area contributed by atoms with Crippen LogP contribution < -0.4 is 5.32 Å². The zero-order valence-corrected chi connectivity index (χ0v) is 12.7. The van der Waals surface area contributed by atoms with E-state index in [-0.39, 0.29) is 5.91 Å². The molecule has 2 rings (SSSR count). The second-order valence-electron chi connectivity index (χ2n) is 5.81. The van der Waals surface area contributed by atoms with Crippen molar-refractivity contribution in [3.63, 3.8) is 0 Å². The van der Waals surface area contributed by atoms with E-state index in [0.717, 1.165) is 18.5 Å². The normalized spacial score (nSPS) is 14.8. The molecule has 1 aliphatic rings. The Morgan fingerprint density at radius 1 is 1.25 bits per heavy atom. The third kappa shape index (κ3) is 4.52. The second-order valence-corrected chi connectivity index (χ2v) is 5.81. The van der Waals surface area contributed by atoms with E-state index >= 15 is 0 Å². The van der Waals surface area contributed by atoms with Crippen LogP contribution in [0.25, 0.3) is 0 Å². The summed E-state index contributed by atoms with van der Waals surface area (Å²) in [5.41, 5.74) is 5.06. The number of rotatable bonds is 5. The molecule has 1 aliphatic carbocycles. The molecular weight excluding hydrogens is 246 g/mol. The van der Waals surface area contributed by atoms with Gasteiger partial charge in [0.1, 0.15) is 0 Å². The van der Waals surface area contributed by atoms with E-state index in [1.165, 1.54) is 42.4 Å². The van der Waals surface area contributed by atoms with E-state index in [1.54, 1.807) is 0 Å². The van der Waals surface area contributed by atoms with Crippen molar-refractivity contribution in [3.05, 3.63) is 46.5 Å². The minimum Gasteiger partial charge on any atom is -0.355 e. The summed E-state index contributed by atoms with van der Waals surface area (Å²) in [6, 6.07) is 6.29. The molecule has 0 saturated carbocycles. The quantitative estimate of drug-likeness (QED) is 0.810. The SMILES string of the molecule is Cc1ccc(C)c(CC(=O)NCCC2=CCCCC2)c1. The van der Waals surface area contributed by atoms with Crippen LogP contribution in [0.3, 0.4) is 0 Å². The molecule has 2 nitrogen and oxygen atoms in total. The van der Waals surface area contributed by atoms with Crippen molar-refractivity contribution in [2.24, 2.45) is 0 Å². The summed E-state index contributed by atoms with van der Waals surface area (Å²) in [5, 5.41) is 3.05. The van der Waals surface area contributed by atoms with E-state index in [2.05, 4.69) is 43.4 Å². The van der Waals surface area contributed by atoms with Gasteiger partial charge in [-0.15, -0.1) is 0 Å². The molecule has 1 aromatic rings. The molecule has 0 unspecified atom stereocenters. The molecule has 1 aromatic carbocycles. The summed E-state index contributed by atoms with van der Waals surface area (Å²) in [6.07, 6.45) is 8.91. The Bertz CT molecular complexity index is 502. The predicted molar refractivity (Wildman–Crippen MR) is 83.8 cm³/mol. The summed E-state index contributed by atoms with van der Waals surface area (Å²) in [4.78, 5) is 12.0. The standard InChI is InChI=1S/C18H25NO/c1-14-8-9-15(2)17(12-14)13-18(20)19-11-10-16-6-4-3-5-7-16/h6,8-9,12H,3-5,7,10-11,13H2,1-2H3,(H,19,20). The largest absolute Gasteiger partial charge is 0.355 e. The molecule has 20 heavy (non-hydrogen) atoms. The van der Waals surface area contributed by atoms with E-state index in [9.17, 15) is 4.79 Å². The second kappa shape index (κ2) is 7.28. The van der Waals surface area contributed by atoms with Crippen LogP contribution in [0.15, 0.2) is 29.8 Å². The van der Waals surface area contributed by atoms with Crippen LogP contribution in [0.5, 0.6) is 0 Å². The third-order valence-corrected chi connectivity index (χ3v) is 4.01. The van der Waals surface area contributed by atoms with E-state index in [4.69, 9.17) is 0 Å². The molecule has 0 heterocycles. The summed E-state index contributed by atoms with van der Waals surface area (Å²) in [5.74, 6) is 0.134. The molecule has 0 fully saturated rings. The van der Waals surface area contributed by atoms with Gasteiger partial charge in [0.25, 0.3) is 0 Å². The first-order chi connectivity index (χ1) is 9.65. The first-order valence-corrected chi connectivity index (χ1v) is 7.66. The van der Waals surface area contributed by atoms with Gasteiger partial charge in [-0.1, -0.05) is 35.4 Å². The van der Waals surface area contributed by atoms with Crippen molar-refractivity contribution in [1.82, 2.24) is 5.32 Å². The molecule has 0 aromatic heterocycles. The van der Waals surface area contributed by atoms with Gasteiger partial charge in [0.15, 0.2) is 0 Å². The fraction of sp³-hybridized carbons (Fsp3) is 0.500. The van der Waals surface area contributed by atoms with Crippen molar-refractivity contribution in [2.75, 3.05) is 6.54 Å². The summed E-state index contributed by atoms with van der Waals surface area (Å²) >= 11 is 0. The Morgan fingerprint density at radius 3 is 2.85 bits per heavy atom. The van der Waals surface area contributed by atoms with Crippen LogP contribution in [-0.4, -0.2) is 12.5 Å². The van der Waals surface area contributed by atoms with E-state index in [0.29, 0.717) is 6.42 Å². The van der Waals surface area contributed by atoms with Crippen LogP contribution >= 0.6 is 0 Å². The van der Waals surface area contributed by atoms with Gasteiger partial charge < -0.3 is 5.32 Å². The fourth-order valence-electron chi connectivity index (χ4n) is 2.72. The number of hydrogen-bond donors (Lipinski definition) is 1. The van der Waals surface area contributed by atoms with Gasteiger partial charge >= 0.3 is 0 Å². The van der Waals surface area contributed by atoms with Gasteiger partial charge in [-0.3, -0.25) is 4.79 Å². The number of aryl methyl sites for hydroxylation is 2. The minimum atomic E-state index is 0.134. The molecule has 0 spiro atoms. The molecule has 0 saturated heterocycles. The van der Waals surface area contributed by atoms with E-state index < -0.39 is 0 Å². The highest BCUT2D eigenvalue weighted by Gasteiger charge is 2.07. The summed E-state index contributed by atoms with van der Waals surface area (Å²) < 4.78 is 0. The summed E-state index contributed by atoms with van der Waals surface area (Å²) in [7, 11) is 0. The Morgan fingerprint density at radius 2 is 2.10 bits per heavy atom. The number of carbonyl (C=O) groups is 1. The molecule has 108 valence electrons. The Labute approximate surface area is 122 Å². The van der Waals surface area contributed by atoms with Crippen LogP contribution in [0.1, 0.15) is 48.8 Å². The molecular formula is C18H25NO. The predicted octanol–water partition coefficient (Wildman–Crippen LogP) is 3.85. The van der Waals surface area contributed by atoms with Gasteiger partial charge in [0, 0.05) is 6.54 Å². The molecule has 0 aliphatic heterocycles. The Balaban J connectivity index is 1.77. The average molecular weight is 271 g/mol. The third-order valence-electron chi connectivity index (χ3n) is 4.01. The van der Waals surface area contributed by atoms with Crippen molar-refractivity contribution < 1.29 is 4.79 Å². The van der Waals surface area contributed by atoms with Gasteiger partial charge in [-0.05, 0) is 57.1 Å². The van der Waals surface area contributed by atoms with Crippen LogP contribution in [0.4, 0.5) is 0 Å². The lowest BCUT2D eigenvalue weighted by Gasteiger charge is -2.13. The maximum absolute atomic E-state index is 12.0. The van der Waals surface area contributed by atoms with Gasteiger partial charge in [0.05, 0.1) is 6.42 Å². The zero-order chi connectivity index (χ0) is 14.4. The molecule has 2 heteroatoms. The van der Waals surface area contributed by atoms with Crippen LogP contribution in [-0.2, 0) is 11.2 Å². The lowest BCUT2D eigenvalue weighted by atomic mass is 9.97. The smallest absolute Gasteiger partial charge is 0.224 e. The number of amides is 1. The van der Waals surface area contributed by atoms with Gasteiger partial charge in [-0.2, -0.15) is 0 Å². The molecule has 1 amide bonds. The van der Waals surface area contributed by atoms with E-state index in [1.807, 2.05) is 0 Å². The van der Waals surface area contributed by atoms with Crippen LogP contribution in [0.2, 0.25) is 0 Å². The minimum absolute atomic E-state index is 0.134. The van der Waals surface area contributed by atoms with Gasteiger partial charge in [0.2, 0.25) is 5.91 Å². The fourth-order valence-corrected chi connectivity index (χ4v) is 2.72. The lowest BCUT2D eigenvalue weighted by Crippen LogP contribution is -2.26. The van der Waals surface area contributed by atoms with Crippen molar-refractivity contribution in [2.45, 2.75) is 52.4 Å². The number of carbonyl (C=O) groups excluding carboxylic acids is 1. The number of hydrogen-bond acceptors (Lipinski definition) is 1. The number of allylic oxidation sites excluding steroid dienone is 1. The zero-order valence-electron chi connectivity index (χ0n) is 12.7. The Kier molecular flexibility index (Phi) is 5.40.